The Morgan fingerprint density at radius 1 is 1.50 bits per heavy atom. The average Bonchev–Trinajstić information content (AvgIpc) is 2.47. The molecular formula is C11H14O3. The standard InChI is InChI=1S/C11H14O3/c1-8(2)13-11(12)7-6-10-5-4-9(3)14-10/h4-8H,1-3H3. The van der Waals surface area contributed by atoms with Crippen LogP contribution in [-0.2, 0) is 9.53 Å². The summed E-state index contributed by atoms with van der Waals surface area (Å²) in [6.07, 6.45) is 2.86. The van der Waals surface area contributed by atoms with Gasteiger partial charge in [-0.05, 0) is 39.0 Å². The zero-order chi connectivity index (χ0) is 10.6. The highest BCUT2D eigenvalue weighted by molar-refractivity contribution is 5.86. The summed E-state index contributed by atoms with van der Waals surface area (Å²) in [6, 6.07) is 3.64. The molecule has 0 radical (unpaired) electrons. The lowest BCUT2D eigenvalue weighted by Crippen LogP contribution is -2.08. The first-order chi connectivity index (χ1) is 6.58. The predicted molar refractivity (Wildman–Crippen MR) is 53.7 cm³/mol. The van der Waals surface area contributed by atoms with Crippen molar-refractivity contribution >= 4 is 12.0 Å². The van der Waals surface area contributed by atoms with Gasteiger partial charge in [-0.1, -0.05) is 0 Å². The van der Waals surface area contributed by atoms with Crippen LogP contribution in [0.25, 0.3) is 6.08 Å². The number of aryl methyl sites for hydroxylation is 1. The largest absolute Gasteiger partial charge is 0.462 e. The molecule has 0 aliphatic carbocycles. The van der Waals surface area contributed by atoms with Crippen LogP contribution in [0.4, 0.5) is 0 Å². The minimum Gasteiger partial charge on any atom is -0.462 e. The Hall–Kier alpha value is -1.51. The highest BCUT2D eigenvalue weighted by Gasteiger charge is 2.00. The fourth-order valence-corrected chi connectivity index (χ4v) is 0.965. The van der Waals surface area contributed by atoms with E-state index < -0.39 is 0 Å². The first-order valence-electron chi connectivity index (χ1n) is 4.53. The molecular weight excluding hydrogens is 180 g/mol. The quantitative estimate of drug-likeness (QED) is 0.548. The van der Waals surface area contributed by atoms with Crippen LogP contribution in [0.15, 0.2) is 22.6 Å². The molecule has 0 unspecified atom stereocenters. The van der Waals surface area contributed by atoms with Crippen LogP contribution >= 0.6 is 0 Å². The molecule has 76 valence electrons. The van der Waals surface area contributed by atoms with Crippen LogP contribution in [-0.4, -0.2) is 12.1 Å². The lowest BCUT2D eigenvalue weighted by Gasteiger charge is -2.03. The fourth-order valence-electron chi connectivity index (χ4n) is 0.965. The van der Waals surface area contributed by atoms with Crippen LogP contribution in [0.5, 0.6) is 0 Å². The molecule has 14 heavy (non-hydrogen) atoms. The van der Waals surface area contributed by atoms with E-state index in [0.29, 0.717) is 5.76 Å². The van der Waals surface area contributed by atoms with E-state index in [1.165, 1.54) is 6.08 Å². The highest BCUT2D eigenvalue weighted by atomic mass is 16.5. The molecule has 3 heteroatoms. The van der Waals surface area contributed by atoms with Crippen LogP contribution in [0.1, 0.15) is 25.4 Å². The molecule has 0 saturated carbocycles. The lowest BCUT2D eigenvalue weighted by atomic mass is 10.4. The molecule has 0 fully saturated rings. The number of esters is 1. The Morgan fingerprint density at radius 2 is 2.21 bits per heavy atom. The summed E-state index contributed by atoms with van der Waals surface area (Å²) in [7, 11) is 0. The minimum absolute atomic E-state index is 0.0921. The average molecular weight is 194 g/mol. The van der Waals surface area contributed by atoms with E-state index in [1.54, 1.807) is 12.1 Å². The number of furan rings is 1. The number of ether oxygens (including phenoxy) is 1. The molecule has 3 nitrogen and oxygen atoms in total. The molecule has 0 spiro atoms. The van der Waals surface area contributed by atoms with Gasteiger partial charge in [0.1, 0.15) is 11.5 Å². The smallest absolute Gasteiger partial charge is 0.331 e. The molecule has 0 atom stereocenters. The summed E-state index contributed by atoms with van der Waals surface area (Å²) in [4.78, 5) is 11.1. The second-order valence-electron chi connectivity index (χ2n) is 3.27. The van der Waals surface area contributed by atoms with Gasteiger partial charge in [-0.25, -0.2) is 4.79 Å². The third kappa shape index (κ3) is 3.47. The van der Waals surface area contributed by atoms with Crippen molar-refractivity contribution in [3.05, 3.63) is 29.7 Å². The molecule has 0 bridgehead atoms. The second-order valence-corrected chi connectivity index (χ2v) is 3.27. The van der Waals surface area contributed by atoms with E-state index >= 15 is 0 Å². The van der Waals surface area contributed by atoms with E-state index in [0.717, 1.165) is 5.76 Å². The van der Waals surface area contributed by atoms with Gasteiger partial charge in [0.15, 0.2) is 0 Å². The molecule has 0 amide bonds. The monoisotopic (exact) mass is 194 g/mol. The van der Waals surface area contributed by atoms with Gasteiger partial charge >= 0.3 is 5.97 Å². The molecule has 0 aliphatic heterocycles. The van der Waals surface area contributed by atoms with Gasteiger partial charge < -0.3 is 9.15 Å². The third-order valence-corrected chi connectivity index (χ3v) is 1.50. The summed E-state index contributed by atoms with van der Waals surface area (Å²) >= 11 is 0. The molecule has 0 aliphatic rings. The van der Waals surface area contributed by atoms with Gasteiger partial charge in [-0.3, -0.25) is 0 Å². The zero-order valence-electron chi connectivity index (χ0n) is 8.61. The summed E-state index contributed by atoms with van der Waals surface area (Å²) in [6.45, 7) is 5.47. The molecule has 0 saturated heterocycles. The molecule has 1 heterocycles. The summed E-state index contributed by atoms with van der Waals surface area (Å²) in [5.41, 5.74) is 0. The van der Waals surface area contributed by atoms with Crippen molar-refractivity contribution in [2.75, 3.05) is 0 Å². The van der Waals surface area contributed by atoms with Crippen LogP contribution in [0.2, 0.25) is 0 Å². The summed E-state index contributed by atoms with van der Waals surface area (Å²) in [5, 5.41) is 0. The molecule has 1 aromatic heterocycles. The topological polar surface area (TPSA) is 39.4 Å². The van der Waals surface area contributed by atoms with Crippen molar-refractivity contribution in [2.24, 2.45) is 0 Å². The Labute approximate surface area is 83.4 Å². The molecule has 1 aromatic rings. The number of carbonyl (C=O) groups excluding carboxylic acids is 1. The Bertz CT molecular complexity index is 334. The number of rotatable bonds is 3. The first-order valence-corrected chi connectivity index (χ1v) is 4.53. The maximum atomic E-state index is 11.1. The summed E-state index contributed by atoms with van der Waals surface area (Å²) < 4.78 is 10.2. The molecule has 0 N–H and O–H groups in total. The SMILES string of the molecule is Cc1ccc(C=CC(=O)OC(C)C)o1. The number of hydrogen-bond donors (Lipinski definition) is 0. The van der Waals surface area contributed by atoms with Gasteiger partial charge in [0.25, 0.3) is 0 Å². The van der Waals surface area contributed by atoms with E-state index in [-0.39, 0.29) is 12.1 Å². The van der Waals surface area contributed by atoms with Crippen molar-refractivity contribution in [3.63, 3.8) is 0 Å². The lowest BCUT2D eigenvalue weighted by molar-refractivity contribution is -0.141. The fraction of sp³-hybridized carbons (Fsp3) is 0.364. The van der Waals surface area contributed by atoms with Crippen LogP contribution in [0.3, 0.4) is 0 Å². The Kier molecular flexibility index (Phi) is 3.51. The summed E-state index contributed by atoms with van der Waals surface area (Å²) in [5.74, 6) is 1.12. The van der Waals surface area contributed by atoms with E-state index in [2.05, 4.69) is 0 Å². The van der Waals surface area contributed by atoms with Gasteiger partial charge in [0.05, 0.1) is 6.10 Å². The van der Waals surface area contributed by atoms with Gasteiger partial charge in [-0.15, -0.1) is 0 Å². The van der Waals surface area contributed by atoms with Crippen LogP contribution in [0, 0.1) is 6.92 Å². The minimum atomic E-state index is -0.353. The first kappa shape index (κ1) is 10.6. The van der Waals surface area contributed by atoms with Crippen molar-refractivity contribution in [3.8, 4) is 0 Å². The normalized spacial score (nSPS) is 11.1. The van der Waals surface area contributed by atoms with Crippen molar-refractivity contribution in [1.29, 1.82) is 0 Å². The Balaban J connectivity index is 2.51. The maximum absolute atomic E-state index is 11.1. The van der Waals surface area contributed by atoms with Crippen molar-refractivity contribution in [2.45, 2.75) is 26.9 Å². The predicted octanol–water partition coefficient (Wildman–Crippen LogP) is 2.55. The van der Waals surface area contributed by atoms with Crippen molar-refractivity contribution < 1.29 is 13.9 Å². The van der Waals surface area contributed by atoms with Gasteiger partial charge in [-0.2, -0.15) is 0 Å². The number of hydrogen-bond acceptors (Lipinski definition) is 3. The maximum Gasteiger partial charge on any atom is 0.331 e. The second kappa shape index (κ2) is 4.65. The molecule has 0 aromatic carbocycles. The van der Waals surface area contributed by atoms with E-state index in [4.69, 9.17) is 9.15 Å². The van der Waals surface area contributed by atoms with Gasteiger partial charge in [0.2, 0.25) is 0 Å². The Morgan fingerprint density at radius 3 is 2.71 bits per heavy atom. The third-order valence-electron chi connectivity index (χ3n) is 1.50. The van der Waals surface area contributed by atoms with Crippen molar-refractivity contribution in [1.82, 2.24) is 0 Å². The number of carbonyl (C=O) groups is 1. The molecule has 1 rings (SSSR count). The highest BCUT2D eigenvalue weighted by Crippen LogP contribution is 2.08. The van der Waals surface area contributed by atoms with E-state index in [9.17, 15) is 4.79 Å². The van der Waals surface area contributed by atoms with E-state index in [1.807, 2.05) is 26.8 Å². The zero-order valence-corrected chi connectivity index (χ0v) is 8.61. The van der Waals surface area contributed by atoms with Crippen LogP contribution < -0.4 is 0 Å². The van der Waals surface area contributed by atoms with Gasteiger partial charge in [0, 0.05) is 6.08 Å².